The number of carbonyl (C=O) groups excluding carboxylic acids is 1. The van der Waals surface area contributed by atoms with Crippen molar-refractivity contribution in [3.8, 4) is 0 Å². The van der Waals surface area contributed by atoms with Crippen molar-refractivity contribution >= 4 is 17.3 Å². The summed E-state index contributed by atoms with van der Waals surface area (Å²) in [7, 11) is 0. The predicted octanol–water partition coefficient (Wildman–Crippen LogP) is 2.31. The number of carbonyl (C=O) groups is 1. The lowest BCUT2D eigenvalue weighted by molar-refractivity contribution is -0.119. The van der Waals surface area contributed by atoms with Gasteiger partial charge in [-0.15, -0.1) is 0 Å². The van der Waals surface area contributed by atoms with E-state index in [9.17, 15) is 9.18 Å². The highest BCUT2D eigenvalue weighted by molar-refractivity contribution is 5.91. The van der Waals surface area contributed by atoms with E-state index in [1.165, 1.54) is 18.2 Å². The molecule has 18 heavy (non-hydrogen) atoms. The predicted molar refractivity (Wildman–Crippen MR) is 67.7 cm³/mol. The van der Waals surface area contributed by atoms with Crippen molar-refractivity contribution < 1.29 is 13.9 Å². The molecule has 0 aromatic heterocycles. The summed E-state index contributed by atoms with van der Waals surface area (Å²) in [6.45, 7) is 0.724. The van der Waals surface area contributed by atoms with Crippen molar-refractivity contribution in [2.45, 2.75) is 31.8 Å². The lowest BCUT2D eigenvalue weighted by atomic mass is 10.1. The van der Waals surface area contributed by atoms with Gasteiger partial charge in [0.25, 0.3) is 0 Å². The first-order valence-electron chi connectivity index (χ1n) is 6.11. The molecule has 0 aliphatic carbocycles. The van der Waals surface area contributed by atoms with Gasteiger partial charge >= 0.3 is 0 Å². The normalized spacial score (nSPS) is 19.5. The van der Waals surface area contributed by atoms with Gasteiger partial charge in [0.1, 0.15) is 5.82 Å². The van der Waals surface area contributed by atoms with Crippen LogP contribution in [0.15, 0.2) is 18.2 Å². The number of benzene rings is 1. The zero-order valence-electron chi connectivity index (χ0n) is 10.1. The van der Waals surface area contributed by atoms with Crippen molar-refractivity contribution in [3.05, 3.63) is 24.0 Å². The number of amides is 1. The van der Waals surface area contributed by atoms with Crippen LogP contribution in [0.3, 0.4) is 0 Å². The Balaban J connectivity index is 1.88. The van der Waals surface area contributed by atoms with Crippen LogP contribution in [-0.2, 0) is 9.53 Å². The number of nitrogens with two attached hydrogens (primary N) is 1. The number of anilines is 2. The maximum absolute atomic E-state index is 13.0. The maximum Gasteiger partial charge on any atom is 0.226 e. The quantitative estimate of drug-likeness (QED) is 0.811. The van der Waals surface area contributed by atoms with E-state index in [4.69, 9.17) is 10.5 Å². The van der Waals surface area contributed by atoms with E-state index < -0.39 is 5.82 Å². The maximum atomic E-state index is 13.0. The van der Waals surface area contributed by atoms with Crippen LogP contribution in [0, 0.1) is 5.82 Å². The lowest BCUT2D eigenvalue weighted by Gasteiger charge is -2.21. The Hall–Kier alpha value is -1.62. The van der Waals surface area contributed by atoms with Crippen LogP contribution in [0.25, 0.3) is 0 Å². The molecule has 0 spiro atoms. The molecule has 1 saturated heterocycles. The van der Waals surface area contributed by atoms with Crippen LogP contribution < -0.4 is 11.1 Å². The number of hydrogen-bond acceptors (Lipinski definition) is 3. The van der Waals surface area contributed by atoms with E-state index in [2.05, 4.69) is 5.32 Å². The summed E-state index contributed by atoms with van der Waals surface area (Å²) in [5.74, 6) is -0.614. The minimum Gasteiger partial charge on any atom is -0.396 e. The van der Waals surface area contributed by atoms with Gasteiger partial charge in [0.05, 0.1) is 18.2 Å². The number of ether oxygens (including phenoxy) is 1. The number of nitrogen functional groups attached to an aromatic ring is 1. The Labute approximate surface area is 105 Å². The topological polar surface area (TPSA) is 64.3 Å². The highest BCUT2D eigenvalue weighted by atomic mass is 19.1. The average molecular weight is 252 g/mol. The third kappa shape index (κ3) is 3.43. The van der Waals surface area contributed by atoms with Gasteiger partial charge in [-0.25, -0.2) is 4.39 Å². The largest absolute Gasteiger partial charge is 0.396 e. The van der Waals surface area contributed by atoms with Crippen molar-refractivity contribution in [1.29, 1.82) is 0 Å². The summed E-state index contributed by atoms with van der Waals surface area (Å²) in [6.07, 6.45) is 3.40. The van der Waals surface area contributed by atoms with Gasteiger partial charge < -0.3 is 15.8 Å². The van der Waals surface area contributed by atoms with Crippen LogP contribution in [0.4, 0.5) is 15.8 Å². The molecule has 5 heteroatoms. The fraction of sp³-hybridized carbons (Fsp3) is 0.462. The standard InChI is InChI=1S/C13H17FN2O2/c14-11-5-4-9(7-12(11)15)16-13(17)8-10-3-1-2-6-18-10/h4-5,7,10H,1-3,6,8,15H2,(H,16,17). The third-order valence-electron chi connectivity index (χ3n) is 2.97. The van der Waals surface area contributed by atoms with Gasteiger partial charge in [-0.2, -0.15) is 0 Å². The van der Waals surface area contributed by atoms with Crippen LogP contribution in [0.2, 0.25) is 0 Å². The smallest absolute Gasteiger partial charge is 0.226 e. The Morgan fingerprint density at radius 2 is 2.33 bits per heavy atom. The van der Waals surface area contributed by atoms with Crippen molar-refractivity contribution in [3.63, 3.8) is 0 Å². The molecular formula is C13H17FN2O2. The Morgan fingerprint density at radius 3 is 3.00 bits per heavy atom. The molecule has 3 N–H and O–H groups in total. The summed E-state index contributed by atoms with van der Waals surface area (Å²) in [5.41, 5.74) is 5.97. The molecule has 4 nitrogen and oxygen atoms in total. The van der Waals surface area contributed by atoms with Crippen LogP contribution >= 0.6 is 0 Å². The second kappa shape index (κ2) is 5.82. The Kier molecular flexibility index (Phi) is 4.15. The van der Waals surface area contributed by atoms with Crippen molar-refractivity contribution in [1.82, 2.24) is 0 Å². The third-order valence-corrected chi connectivity index (χ3v) is 2.97. The summed E-state index contributed by atoms with van der Waals surface area (Å²) < 4.78 is 18.4. The number of halogens is 1. The lowest BCUT2D eigenvalue weighted by Crippen LogP contribution is -2.25. The van der Waals surface area contributed by atoms with E-state index in [0.717, 1.165) is 25.9 Å². The van der Waals surface area contributed by atoms with Crippen LogP contribution in [-0.4, -0.2) is 18.6 Å². The molecule has 1 heterocycles. The number of hydrogen-bond donors (Lipinski definition) is 2. The van der Waals surface area contributed by atoms with E-state index in [1.807, 2.05) is 0 Å². The van der Waals surface area contributed by atoms with E-state index >= 15 is 0 Å². The molecule has 1 amide bonds. The Bertz CT molecular complexity index is 431. The average Bonchev–Trinajstić information content (AvgIpc) is 2.35. The molecule has 1 aliphatic heterocycles. The van der Waals surface area contributed by atoms with E-state index in [0.29, 0.717) is 12.1 Å². The molecule has 1 fully saturated rings. The van der Waals surface area contributed by atoms with Crippen LogP contribution in [0.5, 0.6) is 0 Å². The first-order valence-corrected chi connectivity index (χ1v) is 6.11. The summed E-state index contributed by atoms with van der Waals surface area (Å²) in [4.78, 5) is 11.8. The molecule has 1 atom stereocenters. The van der Waals surface area contributed by atoms with Gasteiger partial charge in [0.15, 0.2) is 0 Å². The van der Waals surface area contributed by atoms with E-state index in [-0.39, 0.29) is 17.7 Å². The monoisotopic (exact) mass is 252 g/mol. The molecule has 1 aromatic rings. The molecule has 1 aliphatic rings. The Morgan fingerprint density at radius 1 is 1.50 bits per heavy atom. The van der Waals surface area contributed by atoms with Gasteiger partial charge in [0, 0.05) is 12.3 Å². The highest BCUT2D eigenvalue weighted by Crippen LogP contribution is 2.19. The minimum absolute atomic E-state index is 0.00320. The molecule has 98 valence electrons. The summed E-state index contributed by atoms with van der Waals surface area (Å²) in [6, 6.07) is 4.14. The molecule has 0 radical (unpaired) electrons. The molecule has 0 saturated carbocycles. The zero-order valence-corrected chi connectivity index (χ0v) is 10.1. The first-order chi connectivity index (χ1) is 8.65. The SMILES string of the molecule is Nc1cc(NC(=O)CC2CCCCO2)ccc1F. The van der Waals surface area contributed by atoms with Gasteiger partial charge in [-0.1, -0.05) is 0 Å². The van der Waals surface area contributed by atoms with Crippen LogP contribution in [0.1, 0.15) is 25.7 Å². The summed E-state index contributed by atoms with van der Waals surface area (Å²) in [5, 5.41) is 2.69. The highest BCUT2D eigenvalue weighted by Gasteiger charge is 2.17. The van der Waals surface area contributed by atoms with E-state index in [1.54, 1.807) is 0 Å². The molecule has 0 bridgehead atoms. The minimum atomic E-state index is -0.483. The van der Waals surface area contributed by atoms with Gasteiger partial charge in [-0.05, 0) is 37.5 Å². The van der Waals surface area contributed by atoms with Gasteiger partial charge in [0.2, 0.25) is 5.91 Å². The van der Waals surface area contributed by atoms with Crippen molar-refractivity contribution in [2.75, 3.05) is 17.7 Å². The second-order valence-electron chi connectivity index (χ2n) is 4.48. The zero-order chi connectivity index (χ0) is 13.0. The van der Waals surface area contributed by atoms with Gasteiger partial charge in [-0.3, -0.25) is 4.79 Å². The second-order valence-corrected chi connectivity index (χ2v) is 4.48. The number of rotatable bonds is 3. The molecule has 1 aromatic carbocycles. The fourth-order valence-corrected chi connectivity index (χ4v) is 2.01. The first kappa shape index (κ1) is 12.8. The fourth-order valence-electron chi connectivity index (χ4n) is 2.01. The van der Waals surface area contributed by atoms with Crippen molar-refractivity contribution in [2.24, 2.45) is 0 Å². The molecule has 2 rings (SSSR count). The summed E-state index contributed by atoms with van der Waals surface area (Å²) >= 11 is 0. The molecule has 1 unspecified atom stereocenters. The number of nitrogens with one attached hydrogen (secondary N) is 1. The molecular weight excluding hydrogens is 235 g/mol.